The Morgan fingerprint density at radius 1 is 1.33 bits per heavy atom. The van der Waals surface area contributed by atoms with Gasteiger partial charge in [0.2, 0.25) is 0 Å². The summed E-state index contributed by atoms with van der Waals surface area (Å²) in [5.74, 6) is 1.78. The minimum absolute atomic E-state index is 0.351. The fourth-order valence-electron chi connectivity index (χ4n) is 2.38. The van der Waals surface area contributed by atoms with Gasteiger partial charge in [-0.2, -0.15) is 5.10 Å². The zero-order valence-corrected chi connectivity index (χ0v) is 12.3. The Labute approximate surface area is 110 Å². The molecule has 1 aromatic heterocycles. The first kappa shape index (κ1) is 13.2. The first-order chi connectivity index (χ1) is 8.41. The molecule has 0 radical (unpaired) electrons. The lowest BCUT2D eigenvalue weighted by molar-refractivity contribution is 0.509. The maximum Gasteiger partial charge on any atom is 0.151 e. The lowest BCUT2D eigenvalue weighted by Crippen LogP contribution is -2.32. The van der Waals surface area contributed by atoms with Crippen LogP contribution in [0.1, 0.15) is 52.3 Å². The van der Waals surface area contributed by atoms with Crippen LogP contribution in [-0.2, 0) is 0 Å². The molecule has 1 saturated carbocycles. The van der Waals surface area contributed by atoms with Crippen molar-refractivity contribution in [2.24, 2.45) is 5.92 Å². The number of nitrogens with two attached hydrogens (primary N) is 1. The van der Waals surface area contributed by atoms with Crippen LogP contribution in [0.25, 0.3) is 0 Å². The summed E-state index contributed by atoms with van der Waals surface area (Å²) in [4.78, 5) is 2.47. The van der Waals surface area contributed by atoms with Crippen molar-refractivity contribution in [1.82, 2.24) is 9.78 Å². The molecule has 18 heavy (non-hydrogen) atoms. The lowest BCUT2D eigenvalue weighted by atomic mass is 10.2. The summed E-state index contributed by atoms with van der Waals surface area (Å²) >= 11 is 0. The number of aromatic nitrogens is 2. The molecule has 1 aliphatic rings. The molecule has 0 amide bonds. The first-order valence-corrected chi connectivity index (χ1v) is 7.03. The van der Waals surface area contributed by atoms with Crippen LogP contribution in [-0.4, -0.2) is 22.4 Å². The molecule has 2 rings (SSSR count). The minimum atomic E-state index is 0.351. The van der Waals surface area contributed by atoms with Crippen LogP contribution < -0.4 is 10.6 Å². The van der Waals surface area contributed by atoms with Gasteiger partial charge in [-0.25, -0.2) is 4.68 Å². The summed E-state index contributed by atoms with van der Waals surface area (Å²) in [5, 5.41) is 4.60. The van der Waals surface area contributed by atoms with Crippen molar-refractivity contribution in [2.45, 2.75) is 59.5 Å². The molecule has 0 aromatic carbocycles. The van der Waals surface area contributed by atoms with E-state index in [0.717, 1.165) is 23.7 Å². The van der Waals surface area contributed by atoms with Gasteiger partial charge in [-0.3, -0.25) is 0 Å². The second kappa shape index (κ2) is 4.82. The fraction of sp³-hybridized carbons (Fsp3) is 0.786. The maximum atomic E-state index is 6.26. The SMILES string of the molecule is Cc1nn(C(C)C)c(N(CC(C)C)C2CC2)c1N. The summed E-state index contributed by atoms with van der Waals surface area (Å²) in [6.45, 7) is 11.9. The van der Waals surface area contributed by atoms with Crippen molar-refractivity contribution < 1.29 is 0 Å². The van der Waals surface area contributed by atoms with Gasteiger partial charge in [0.05, 0.1) is 11.4 Å². The van der Waals surface area contributed by atoms with Gasteiger partial charge >= 0.3 is 0 Å². The summed E-state index contributed by atoms with van der Waals surface area (Å²) in [7, 11) is 0. The van der Waals surface area contributed by atoms with Gasteiger partial charge in [0.25, 0.3) is 0 Å². The van der Waals surface area contributed by atoms with Gasteiger partial charge in [0.15, 0.2) is 5.82 Å². The molecule has 0 aliphatic heterocycles. The number of anilines is 2. The predicted octanol–water partition coefficient (Wildman–Crippen LogP) is 2.98. The van der Waals surface area contributed by atoms with Crippen molar-refractivity contribution in [1.29, 1.82) is 0 Å². The zero-order chi connectivity index (χ0) is 13.4. The van der Waals surface area contributed by atoms with Crippen molar-refractivity contribution in [2.75, 3.05) is 17.2 Å². The molecule has 4 heteroatoms. The third-order valence-electron chi connectivity index (χ3n) is 3.42. The molecule has 2 N–H and O–H groups in total. The van der Waals surface area contributed by atoms with E-state index in [0.29, 0.717) is 18.0 Å². The second-order valence-electron chi connectivity index (χ2n) is 6.14. The van der Waals surface area contributed by atoms with Crippen molar-refractivity contribution >= 4 is 11.5 Å². The Bertz CT molecular complexity index is 416. The molecule has 1 aromatic rings. The van der Waals surface area contributed by atoms with Crippen LogP contribution in [0.2, 0.25) is 0 Å². The Kier molecular flexibility index (Phi) is 3.55. The maximum absolute atomic E-state index is 6.26. The molecule has 0 unspecified atom stereocenters. The van der Waals surface area contributed by atoms with E-state index in [1.165, 1.54) is 12.8 Å². The smallest absolute Gasteiger partial charge is 0.151 e. The quantitative estimate of drug-likeness (QED) is 0.874. The summed E-state index contributed by atoms with van der Waals surface area (Å²) in [5.41, 5.74) is 8.07. The highest BCUT2D eigenvalue weighted by molar-refractivity contribution is 5.67. The largest absolute Gasteiger partial charge is 0.394 e. The standard InChI is InChI=1S/C14H26N4/c1-9(2)8-17(12-6-7-12)14-13(15)11(5)16-18(14)10(3)4/h9-10,12H,6-8,15H2,1-5H3. The number of hydrogen-bond acceptors (Lipinski definition) is 3. The van der Waals surface area contributed by atoms with E-state index >= 15 is 0 Å². The molecule has 0 saturated heterocycles. The van der Waals surface area contributed by atoms with Crippen molar-refractivity contribution in [3.8, 4) is 0 Å². The highest BCUT2D eigenvalue weighted by Gasteiger charge is 2.33. The van der Waals surface area contributed by atoms with Crippen LogP contribution in [0, 0.1) is 12.8 Å². The molecule has 0 bridgehead atoms. The monoisotopic (exact) mass is 250 g/mol. The molecule has 0 atom stereocenters. The highest BCUT2D eigenvalue weighted by Crippen LogP contribution is 2.37. The zero-order valence-electron chi connectivity index (χ0n) is 12.3. The van der Waals surface area contributed by atoms with Gasteiger partial charge in [0.1, 0.15) is 0 Å². The molecule has 1 heterocycles. The lowest BCUT2D eigenvalue weighted by Gasteiger charge is -2.28. The van der Waals surface area contributed by atoms with E-state index in [4.69, 9.17) is 5.73 Å². The molecule has 0 spiro atoms. The molecule has 1 fully saturated rings. The first-order valence-electron chi connectivity index (χ1n) is 7.03. The Balaban J connectivity index is 2.39. The molecule has 4 nitrogen and oxygen atoms in total. The average molecular weight is 250 g/mol. The van der Waals surface area contributed by atoms with Crippen LogP contribution in [0.15, 0.2) is 0 Å². The van der Waals surface area contributed by atoms with E-state index in [2.05, 4.69) is 42.4 Å². The summed E-state index contributed by atoms with van der Waals surface area (Å²) in [6, 6.07) is 1.02. The third kappa shape index (κ3) is 2.47. The number of nitrogen functional groups attached to an aromatic ring is 1. The van der Waals surface area contributed by atoms with Crippen LogP contribution in [0.3, 0.4) is 0 Å². The van der Waals surface area contributed by atoms with Crippen molar-refractivity contribution in [3.63, 3.8) is 0 Å². The van der Waals surface area contributed by atoms with Crippen LogP contribution >= 0.6 is 0 Å². The van der Waals surface area contributed by atoms with Crippen LogP contribution in [0.5, 0.6) is 0 Å². The van der Waals surface area contributed by atoms with E-state index in [-0.39, 0.29) is 0 Å². The number of rotatable bonds is 5. The number of aryl methyl sites for hydroxylation is 1. The minimum Gasteiger partial charge on any atom is -0.394 e. The van der Waals surface area contributed by atoms with E-state index < -0.39 is 0 Å². The van der Waals surface area contributed by atoms with Gasteiger partial charge in [-0.05, 0) is 39.5 Å². The third-order valence-corrected chi connectivity index (χ3v) is 3.42. The Morgan fingerprint density at radius 3 is 2.39 bits per heavy atom. The fourth-order valence-corrected chi connectivity index (χ4v) is 2.38. The van der Waals surface area contributed by atoms with Gasteiger partial charge in [-0.15, -0.1) is 0 Å². The highest BCUT2D eigenvalue weighted by atomic mass is 15.4. The normalized spacial score (nSPS) is 15.7. The van der Waals surface area contributed by atoms with E-state index in [1.807, 2.05) is 6.92 Å². The topological polar surface area (TPSA) is 47.1 Å². The van der Waals surface area contributed by atoms with Gasteiger partial charge in [-0.1, -0.05) is 13.8 Å². The van der Waals surface area contributed by atoms with Crippen LogP contribution in [0.4, 0.5) is 11.5 Å². The molecule has 102 valence electrons. The van der Waals surface area contributed by atoms with Gasteiger partial charge in [0, 0.05) is 18.6 Å². The number of hydrogen-bond donors (Lipinski definition) is 1. The summed E-state index contributed by atoms with van der Waals surface area (Å²) in [6.07, 6.45) is 2.57. The average Bonchev–Trinajstić information content (AvgIpc) is 3.04. The van der Waals surface area contributed by atoms with Gasteiger partial charge < -0.3 is 10.6 Å². The molecular weight excluding hydrogens is 224 g/mol. The second-order valence-corrected chi connectivity index (χ2v) is 6.14. The van der Waals surface area contributed by atoms with Crippen molar-refractivity contribution in [3.05, 3.63) is 5.69 Å². The predicted molar refractivity (Wildman–Crippen MR) is 77.0 cm³/mol. The number of nitrogens with zero attached hydrogens (tertiary/aromatic N) is 3. The molecule has 1 aliphatic carbocycles. The summed E-state index contributed by atoms with van der Waals surface area (Å²) < 4.78 is 2.09. The van der Waals surface area contributed by atoms with E-state index in [9.17, 15) is 0 Å². The Morgan fingerprint density at radius 2 is 1.94 bits per heavy atom. The van der Waals surface area contributed by atoms with E-state index in [1.54, 1.807) is 0 Å². The Hall–Kier alpha value is -1.19. The molecular formula is C14H26N4.